The van der Waals surface area contributed by atoms with E-state index in [4.69, 9.17) is 9.47 Å². The summed E-state index contributed by atoms with van der Waals surface area (Å²) in [6.45, 7) is 8.28. The number of hydrogen-bond acceptors (Lipinski definition) is 8. The van der Waals surface area contributed by atoms with Crippen LogP contribution in [0.5, 0.6) is 5.88 Å². The Balaban J connectivity index is 0.00000387. The number of aryl methyl sites for hydroxylation is 1. The number of pyridine rings is 1. The monoisotopic (exact) mass is 568 g/mol. The molecule has 1 amide bonds. The molecule has 1 aromatic heterocycles. The first-order chi connectivity index (χ1) is 19.1. The highest BCUT2D eigenvalue weighted by Gasteiger charge is 2.45. The number of amides is 1. The molecule has 3 heterocycles. The summed E-state index contributed by atoms with van der Waals surface area (Å²) in [7, 11) is -4.01. The predicted molar refractivity (Wildman–Crippen MR) is 153 cm³/mol. The number of rotatable bonds is 7. The fraction of sp³-hybridized carbons (Fsp3) is 0.379. The van der Waals surface area contributed by atoms with E-state index < -0.39 is 33.7 Å². The Bertz CT molecular complexity index is 1480. The maximum atomic E-state index is 13.3. The number of anilines is 2. The van der Waals surface area contributed by atoms with Crippen LogP contribution in [0.25, 0.3) is 0 Å². The molecule has 1 saturated heterocycles. The summed E-state index contributed by atoms with van der Waals surface area (Å²) in [4.78, 5) is 19.8. The number of carbonyl (C=O) groups is 1. The van der Waals surface area contributed by atoms with Crippen LogP contribution in [-0.4, -0.2) is 62.4 Å². The predicted octanol–water partition coefficient (Wildman–Crippen LogP) is 3.53. The zero-order valence-corrected chi connectivity index (χ0v) is 23.6. The maximum Gasteiger partial charge on any atom is 0.257 e. The van der Waals surface area contributed by atoms with E-state index in [1.54, 1.807) is 26.0 Å². The summed E-state index contributed by atoms with van der Waals surface area (Å²) in [6.07, 6.45) is 0.902. The normalized spacial score (nSPS) is 20.4. The molecular weight excluding hydrogens is 532 g/mol. The first-order valence-electron chi connectivity index (χ1n) is 13.3. The van der Waals surface area contributed by atoms with Crippen LogP contribution in [-0.2, 0) is 21.2 Å². The molecule has 11 heteroatoms. The summed E-state index contributed by atoms with van der Waals surface area (Å²) >= 11 is 0. The summed E-state index contributed by atoms with van der Waals surface area (Å²) in [6, 6.07) is 14.5. The van der Waals surface area contributed by atoms with E-state index in [0.717, 1.165) is 30.8 Å². The van der Waals surface area contributed by atoms with Crippen molar-refractivity contribution < 1.29 is 29.2 Å². The largest absolute Gasteiger partial charge is 0.469 e. The molecule has 5 rings (SSSR count). The summed E-state index contributed by atoms with van der Waals surface area (Å²) in [5.74, 6) is -0.277. The summed E-state index contributed by atoms with van der Waals surface area (Å²) < 4.78 is 40.5. The van der Waals surface area contributed by atoms with Gasteiger partial charge in [-0.05, 0) is 68.3 Å². The Morgan fingerprint density at radius 1 is 1.12 bits per heavy atom. The van der Waals surface area contributed by atoms with Gasteiger partial charge in [-0.2, -0.15) is 0 Å². The van der Waals surface area contributed by atoms with Crippen molar-refractivity contribution in [2.45, 2.75) is 49.8 Å². The first kappa shape index (κ1) is 28.0. The second-order valence-electron chi connectivity index (χ2n) is 10.5. The second kappa shape index (κ2) is 11.2. The lowest BCUT2D eigenvalue weighted by molar-refractivity contribution is -0.0632. The number of benzene rings is 2. The Morgan fingerprint density at radius 2 is 1.80 bits per heavy atom. The highest BCUT2D eigenvalue weighted by atomic mass is 32.2. The van der Waals surface area contributed by atoms with E-state index in [1.165, 1.54) is 24.4 Å². The molecule has 0 aliphatic carbocycles. The minimum absolute atomic E-state index is 0. The molecule has 214 valence electrons. The molecule has 2 atom stereocenters. The van der Waals surface area contributed by atoms with Gasteiger partial charge < -0.3 is 24.8 Å². The molecule has 1 fully saturated rings. The van der Waals surface area contributed by atoms with Crippen LogP contribution in [0.15, 0.2) is 65.7 Å². The van der Waals surface area contributed by atoms with Crippen LogP contribution in [0.1, 0.15) is 49.7 Å². The van der Waals surface area contributed by atoms with Crippen molar-refractivity contribution in [2.24, 2.45) is 0 Å². The fourth-order valence-corrected chi connectivity index (χ4v) is 6.05. The highest BCUT2D eigenvalue weighted by Crippen LogP contribution is 2.39. The van der Waals surface area contributed by atoms with Gasteiger partial charge in [-0.1, -0.05) is 19.1 Å². The lowest BCUT2D eigenvalue weighted by atomic mass is 9.88. The van der Waals surface area contributed by atoms with Gasteiger partial charge in [0.1, 0.15) is 11.7 Å². The third-order valence-electron chi connectivity index (χ3n) is 7.29. The number of nitrogens with one attached hydrogen (secondary N) is 2. The molecule has 2 aliphatic rings. The molecule has 0 saturated carbocycles. The van der Waals surface area contributed by atoms with Crippen LogP contribution < -0.4 is 19.7 Å². The molecule has 2 aliphatic heterocycles. The molecule has 0 bridgehead atoms. The van der Waals surface area contributed by atoms with Crippen LogP contribution in [0.2, 0.25) is 0 Å². The number of fused-ring (bicyclic) bond motifs is 1. The number of sulfonamides is 1. The van der Waals surface area contributed by atoms with E-state index in [1.807, 2.05) is 31.2 Å². The van der Waals surface area contributed by atoms with Crippen LogP contribution in [0.4, 0.5) is 11.4 Å². The van der Waals surface area contributed by atoms with Crippen LogP contribution in [0, 0.1) is 0 Å². The zero-order chi connectivity index (χ0) is 28.5. The Hall–Kier alpha value is -3.51. The quantitative estimate of drug-likeness (QED) is 0.395. The van der Waals surface area contributed by atoms with Gasteiger partial charge in [0, 0.05) is 37.7 Å². The molecule has 0 spiro atoms. The maximum absolute atomic E-state index is 13.3. The highest BCUT2D eigenvalue weighted by molar-refractivity contribution is 7.89. The molecule has 0 unspecified atom stereocenters. The summed E-state index contributed by atoms with van der Waals surface area (Å²) in [5, 5.41) is 14.0. The molecule has 3 aromatic rings. The number of morpholine rings is 1. The minimum atomic E-state index is -4.01. The van der Waals surface area contributed by atoms with E-state index >= 15 is 0 Å². The third-order valence-corrected chi connectivity index (χ3v) is 8.75. The number of carbonyl (C=O) groups excluding carboxylic acids is 1. The van der Waals surface area contributed by atoms with Gasteiger partial charge in [-0.3, -0.25) is 4.79 Å². The molecule has 0 radical (unpaired) electrons. The van der Waals surface area contributed by atoms with E-state index in [2.05, 4.69) is 19.9 Å². The molecular formula is C29H36N4O6S. The number of nitrogens with zero attached hydrogens (tertiary/aromatic N) is 2. The van der Waals surface area contributed by atoms with Gasteiger partial charge in [-0.15, -0.1) is 0 Å². The first-order valence-corrected chi connectivity index (χ1v) is 14.8. The Morgan fingerprint density at radius 3 is 2.45 bits per heavy atom. The van der Waals surface area contributed by atoms with Crippen molar-refractivity contribution in [3.63, 3.8) is 0 Å². The summed E-state index contributed by atoms with van der Waals surface area (Å²) in [5.41, 5.74) is 1.99. The third kappa shape index (κ3) is 5.83. The van der Waals surface area contributed by atoms with E-state index in [9.17, 15) is 18.3 Å². The zero-order valence-electron chi connectivity index (χ0n) is 22.8. The van der Waals surface area contributed by atoms with Crippen molar-refractivity contribution in [1.29, 1.82) is 0 Å². The number of aliphatic hydroxyl groups is 1. The smallest absolute Gasteiger partial charge is 0.257 e. The fourth-order valence-electron chi connectivity index (χ4n) is 4.83. The topological polar surface area (TPSA) is 130 Å². The Labute approximate surface area is 235 Å². The SMILES string of the molecule is CCc1ccc(S(=O)(=O)N[C@@H]2c3cc(C(=O)Nc4ccc(N5CCOCC5)cc4)cnc3OC(C)(C)[C@H]2O)cc1.[HH]. The standard InChI is InChI=1S/C29H34N4O6S.H2/c1-4-19-5-11-23(12-6-19)40(36,37)32-25-24-17-20(18-30-28(24)39-29(2,3)26(25)34)27(35)31-21-7-9-22(10-8-21)33-13-15-38-16-14-33;/h5-12,17-18,25-26,32,34H,4,13-16H2,1-3H3,(H,31,35);1H/t25-,26+;/m1./s1. The molecule has 2 aromatic carbocycles. The van der Waals surface area contributed by atoms with Crippen molar-refractivity contribution in [3.05, 3.63) is 77.5 Å². The van der Waals surface area contributed by atoms with Crippen molar-refractivity contribution >= 4 is 27.3 Å². The lowest BCUT2D eigenvalue weighted by Crippen LogP contribution is -2.53. The lowest BCUT2D eigenvalue weighted by Gasteiger charge is -2.41. The number of aromatic nitrogens is 1. The number of aliphatic hydroxyl groups excluding tert-OH is 1. The number of ether oxygens (including phenoxy) is 2. The van der Waals surface area contributed by atoms with Crippen LogP contribution in [0.3, 0.4) is 0 Å². The van der Waals surface area contributed by atoms with Gasteiger partial charge in [0.15, 0.2) is 0 Å². The molecule has 3 N–H and O–H groups in total. The van der Waals surface area contributed by atoms with Gasteiger partial charge in [-0.25, -0.2) is 18.1 Å². The Kier molecular flexibility index (Phi) is 7.83. The van der Waals surface area contributed by atoms with Gasteiger partial charge >= 0.3 is 0 Å². The van der Waals surface area contributed by atoms with Gasteiger partial charge in [0.05, 0.1) is 29.7 Å². The van der Waals surface area contributed by atoms with Crippen molar-refractivity contribution in [1.82, 2.24) is 9.71 Å². The minimum Gasteiger partial charge on any atom is -0.469 e. The van der Waals surface area contributed by atoms with Crippen LogP contribution >= 0.6 is 0 Å². The van der Waals surface area contributed by atoms with Crippen molar-refractivity contribution in [3.8, 4) is 5.88 Å². The average molecular weight is 569 g/mol. The molecule has 10 nitrogen and oxygen atoms in total. The second-order valence-corrected chi connectivity index (χ2v) is 12.2. The van der Waals surface area contributed by atoms with Gasteiger partial charge in [0.25, 0.3) is 5.91 Å². The number of hydrogen-bond donors (Lipinski definition) is 3. The van der Waals surface area contributed by atoms with E-state index in [0.29, 0.717) is 18.9 Å². The molecule has 40 heavy (non-hydrogen) atoms. The van der Waals surface area contributed by atoms with E-state index in [-0.39, 0.29) is 23.3 Å². The van der Waals surface area contributed by atoms with Crippen molar-refractivity contribution in [2.75, 3.05) is 36.5 Å². The van der Waals surface area contributed by atoms with Gasteiger partial charge in [0.2, 0.25) is 15.9 Å². The average Bonchev–Trinajstić information content (AvgIpc) is 2.96.